The molecule has 0 aromatic heterocycles. The number of methoxy groups -OCH3 is 2. The molecule has 1 radical (unpaired) electrons. The minimum atomic E-state index is -0.994. The van der Waals surface area contributed by atoms with Crippen molar-refractivity contribution in [3.63, 3.8) is 0 Å². The molecule has 0 saturated carbocycles. The van der Waals surface area contributed by atoms with Crippen molar-refractivity contribution in [2.75, 3.05) is 25.7 Å². The molecule has 8 heteroatoms. The minimum Gasteiger partial charge on any atom is -0.542 e. The molecule has 0 spiro atoms. The first-order valence-corrected chi connectivity index (χ1v) is 10.4. The van der Waals surface area contributed by atoms with E-state index in [0.717, 1.165) is 0 Å². The van der Waals surface area contributed by atoms with Crippen molar-refractivity contribution in [3.8, 4) is 11.5 Å². The predicted octanol–water partition coefficient (Wildman–Crippen LogP) is 4.72. The SMILES string of the molecule is COc1cccc([C@H]2O[C@H](C[C-]=O)C(=O)N(CC(C)(C)C)c3ccc(Cl)cc32)c1OC.[Y]. The maximum atomic E-state index is 13.4. The Hall–Kier alpha value is -1.47. The zero-order chi connectivity index (χ0) is 22.8. The van der Waals surface area contributed by atoms with Gasteiger partial charge in [-0.2, -0.15) is 0 Å². The number of para-hydroxylation sites is 1. The topological polar surface area (TPSA) is 65.1 Å². The summed E-state index contributed by atoms with van der Waals surface area (Å²) in [6.45, 7) is 6.59. The number of rotatable bonds is 6. The normalized spacial score (nSPS) is 18.3. The maximum absolute atomic E-state index is 13.4. The van der Waals surface area contributed by atoms with Crippen LogP contribution >= 0.6 is 11.6 Å². The summed E-state index contributed by atoms with van der Waals surface area (Å²) in [5.41, 5.74) is 1.89. The summed E-state index contributed by atoms with van der Waals surface area (Å²) in [4.78, 5) is 26.4. The second kappa shape index (κ2) is 11.1. The Morgan fingerprint density at radius 2 is 1.84 bits per heavy atom. The van der Waals surface area contributed by atoms with Crippen molar-refractivity contribution in [3.05, 3.63) is 52.5 Å². The van der Waals surface area contributed by atoms with Gasteiger partial charge >= 0.3 is 0 Å². The van der Waals surface area contributed by atoms with Gasteiger partial charge in [0.25, 0.3) is 5.91 Å². The Morgan fingerprint density at radius 3 is 2.44 bits per heavy atom. The predicted molar refractivity (Wildman–Crippen MR) is 120 cm³/mol. The molecule has 0 N–H and O–H groups in total. The van der Waals surface area contributed by atoms with E-state index in [9.17, 15) is 9.59 Å². The third-order valence-electron chi connectivity index (χ3n) is 5.02. The largest absolute Gasteiger partial charge is 0.542 e. The van der Waals surface area contributed by atoms with Gasteiger partial charge in [0.1, 0.15) is 12.2 Å². The quantitative estimate of drug-likeness (QED) is 0.503. The van der Waals surface area contributed by atoms with Crippen molar-refractivity contribution in [2.45, 2.75) is 39.4 Å². The van der Waals surface area contributed by atoms with Crippen LogP contribution in [0, 0.1) is 5.41 Å². The zero-order valence-electron chi connectivity index (χ0n) is 19.0. The van der Waals surface area contributed by atoms with Crippen LogP contribution in [0.3, 0.4) is 0 Å². The van der Waals surface area contributed by atoms with Crippen molar-refractivity contribution in [1.29, 1.82) is 0 Å². The number of amides is 1. The monoisotopic (exact) mass is 533 g/mol. The average molecular weight is 534 g/mol. The molecule has 0 aliphatic carbocycles. The number of halogens is 1. The first-order valence-electron chi connectivity index (χ1n) is 10.0. The van der Waals surface area contributed by atoms with E-state index < -0.39 is 12.2 Å². The summed E-state index contributed by atoms with van der Waals surface area (Å²) in [7, 11) is 3.10. The van der Waals surface area contributed by atoms with Gasteiger partial charge in [0.2, 0.25) is 0 Å². The summed E-state index contributed by atoms with van der Waals surface area (Å²) >= 11 is 6.35. The number of benzene rings is 2. The van der Waals surface area contributed by atoms with E-state index in [1.807, 2.05) is 45.3 Å². The summed E-state index contributed by atoms with van der Waals surface area (Å²) in [5, 5.41) is 0.512. The fraction of sp³-hybridized carbons (Fsp3) is 0.417. The number of nitrogens with zero attached hydrogens (tertiary/aromatic N) is 1. The molecule has 3 rings (SSSR count). The zero-order valence-corrected chi connectivity index (χ0v) is 22.6. The Morgan fingerprint density at radius 1 is 1.12 bits per heavy atom. The van der Waals surface area contributed by atoms with Crippen molar-refractivity contribution in [1.82, 2.24) is 0 Å². The van der Waals surface area contributed by atoms with Crippen LogP contribution in [0.2, 0.25) is 5.02 Å². The summed E-state index contributed by atoms with van der Waals surface area (Å²) < 4.78 is 17.3. The van der Waals surface area contributed by atoms with Gasteiger partial charge in [0.05, 0.1) is 14.2 Å². The van der Waals surface area contributed by atoms with E-state index in [1.165, 1.54) is 0 Å². The molecular weight excluding hydrogens is 507 g/mol. The Balaban J connectivity index is 0.00000363. The third-order valence-corrected chi connectivity index (χ3v) is 5.26. The van der Waals surface area contributed by atoms with E-state index in [1.54, 1.807) is 37.3 Å². The van der Waals surface area contributed by atoms with Crippen LogP contribution in [0.1, 0.15) is 44.4 Å². The molecule has 1 aliphatic rings. The number of carbonyl (C=O) groups is 1. The van der Waals surface area contributed by atoms with Gasteiger partial charge in [-0.1, -0.05) is 44.5 Å². The van der Waals surface area contributed by atoms with Crippen LogP contribution in [0.5, 0.6) is 11.5 Å². The molecule has 0 saturated heterocycles. The first-order chi connectivity index (χ1) is 14.7. The molecular formula is C24H27ClNO5Y-. The summed E-state index contributed by atoms with van der Waals surface area (Å²) in [6, 6.07) is 10.8. The number of anilines is 1. The van der Waals surface area contributed by atoms with Gasteiger partial charge in [-0.25, -0.2) is 0 Å². The second-order valence-electron chi connectivity index (χ2n) is 8.62. The Bertz CT molecular complexity index is 975. The Labute approximate surface area is 219 Å². The van der Waals surface area contributed by atoms with Gasteiger partial charge in [0, 0.05) is 61.1 Å². The van der Waals surface area contributed by atoms with Crippen LogP contribution in [0.15, 0.2) is 36.4 Å². The van der Waals surface area contributed by atoms with Crippen LogP contribution in [-0.2, 0) is 47.0 Å². The number of ether oxygens (including phenoxy) is 3. The van der Waals surface area contributed by atoms with E-state index >= 15 is 0 Å². The molecule has 6 nitrogen and oxygen atoms in total. The van der Waals surface area contributed by atoms with Crippen LogP contribution < -0.4 is 14.4 Å². The molecule has 169 valence electrons. The maximum Gasteiger partial charge on any atom is 0.253 e. The fourth-order valence-corrected chi connectivity index (χ4v) is 3.96. The molecule has 2 atom stereocenters. The smallest absolute Gasteiger partial charge is 0.253 e. The van der Waals surface area contributed by atoms with Gasteiger partial charge in [-0.3, -0.25) is 11.1 Å². The first kappa shape index (κ1) is 26.8. The fourth-order valence-electron chi connectivity index (χ4n) is 3.78. The molecule has 0 fully saturated rings. The number of carbonyl (C=O) groups excluding carboxylic acids is 2. The standard InChI is InChI=1S/C24H27ClNO5.Y/c1-24(2,3)14-26-18-10-9-15(25)13-17(18)21(31-20(11-12-27)23(26)28)16-7-6-8-19(29-4)22(16)30-5;/h6-10,13,20-21H,11,14H2,1-5H3;/q-1;/t20-,21-;/m1./s1. The number of hydrogen-bond donors (Lipinski definition) is 0. The number of fused-ring (bicyclic) bond motifs is 1. The van der Waals surface area contributed by atoms with E-state index in [4.69, 9.17) is 25.8 Å². The Kier molecular flexibility index (Phi) is 9.29. The van der Waals surface area contributed by atoms with E-state index in [2.05, 4.69) is 0 Å². The van der Waals surface area contributed by atoms with Crippen LogP contribution in [0.4, 0.5) is 5.69 Å². The molecule has 0 bridgehead atoms. The van der Waals surface area contributed by atoms with Gasteiger partial charge < -0.3 is 23.9 Å². The van der Waals surface area contributed by atoms with Gasteiger partial charge in [0.15, 0.2) is 11.5 Å². The second-order valence-corrected chi connectivity index (χ2v) is 9.06. The molecule has 1 heterocycles. The molecule has 2 aromatic carbocycles. The van der Waals surface area contributed by atoms with Gasteiger partial charge in [-0.15, -0.1) is 6.42 Å². The van der Waals surface area contributed by atoms with Crippen molar-refractivity contribution in [2.24, 2.45) is 5.41 Å². The average Bonchev–Trinajstić information content (AvgIpc) is 2.82. The summed E-state index contributed by atoms with van der Waals surface area (Å²) in [6.07, 6.45) is -0.0371. The van der Waals surface area contributed by atoms with Crippen LogP contribution in [0.25, 0.3) is 0 Å². The van der Waals surface area contributed by atoms with Crippen molar-refractivity contribution < 1.29 is 56.5 Å². The molecule has 32 heavy (non-hydrogen) atoms. The van der Waals surface area contributed by atoms with Crippen LogP contribution in [-0.4, -0.2) is 39.1 Å². The number of hydrogen-bond acceptors (Lipinski definition) is 5. The molecule has 2 aromatic rings. The molecule has 0 unspecified atom stereocenters. The van der Waals surface area contributed by atoms with Crippen molar-refractivity contribution >= 4 is 29.5 Å². The third kappa shape index (κ3) is 5.71. The molecule has 1 amide bonds. The summed E-state index contributed by atoms with van der Waals surface area (Å²) in [5.74, 6) is 0.741. The molecule has 1 aliphatic heterocycles. The van der Waals surface area contributed by atoms with E-state index in [-0.39, 0.29) is 50.5 Å². The van der Waals surface area contributed by atoms with E-state index in [0.29, 0.717) is 39.9 Å². The van der Waals surface area contributed by atoms with Gasteiger partial charge in [-0.05, 0) is 29.7 Å². The minimum absolute atomic E-state index is 0.